The lowest BCUT2D eigenvalue weighted by molar-refractivity contribution is -0.274. The van der Waals surface area contributed by atoms with Crippen LogP contribution in [0.15, 0.2) is 48.5 Å². The first-order chi connectivity index (χ1) is 11.7. The molecule has 2 N–H and O–H groups in total. The van der Waals surface area contributed by atoms with Gasteiger partial charge in [0.15, 0.2) is 0 Å². The molecule has 5 nitrogen and oxygen atoms in total. The number of amides is 2. The minimum atomic E-state index is -4.77. The van der Waals surface area contributed by atoms with Crippen molar-refractivity contribution in [3.8, 4) is 5.75 Å². The van der Waals surface area contributed by atoms with Crippen molar-refractivity contribution in [2.75, 3.05) is 11.9 Å². The van der Waals surface area contributed by atoms with Crippen LogP contribution in [0.3, 0.4) is 0 Å². The van der Waals surface area contributed by atoms with Crippen LogP contribution in [0.1, 0.15) is 15.9 Å². The highest BCUT2D eigenvalue weighted by molar-refractivity contribution is 5.99. The number of aryl methyl sites for hydroxylation is 1. The van der Waals surface area contributed by atoms with E-state index in [4.69, 9.17) is 0 Å². The molecule has 0 saturated carbocycles. The predicted octanol–water partition coefficient (Wildman–Crippen LogP) is 3.26. The maximum absolute atomic E-state index is 12.1. The first kappa shape index (κ1) is 18.3. The maximum atomic E-state index is 12.1. The van der Waals surface area contributed by atoms with Crippen LogP contribution in [0, 0.1) is 6.92 Å². The minimum Gasteiger partial charge on any atom is -0.406 e. The Morgan fingerprint density at radius 1 is 1.00 bits per heavy atom. The highest BCUT2D eigenvalue weighted by Crippen LogP contribution is 2.23. The zero-order valence-electron chi connectivity index (χ0n) is 13.2. The van der Waals surface area contributed by atoms with Crippen molar-refractivity contribution in [2.24, 2.45) is 0 Å². The third kappa shape index (κ3) is 6.17. The van der Waals surface area contributed by atoms with Gasteiger partial charge >= 0.3 is 6.36 Å². The average Bonchev–Trinajstić information content (AvgIpc) is 2.54. The Morgan fingerprint density at radius 2 is 1.60 bits per heavy atom. The van der Waals surface area contributed by atoms with Crippen molar-refractivity contribution in [3.63, 3.8) is 0 Å². The van der Waals surface area contributed by atoms with Gasteiger partial charge in [-0.3, -0.25) is 9.59 Å². The van der Waals surface area contributed by atoms with Gasteiger partial charge in [0.05, 0.1) is 6.54 Å². The third-order valence-corrected chi connectivity index (χ3v) is 3.09. The molecular formula is C17H15F3N2O3. The number of nitrogens with one attached hydrogen (secondary N) is 2. The van der Waals surface area contributed by atoms with Crippen molar-refractivity contribution >= 4 is 17.5 Å². The van der Waals surface area contributed by atoms with Gasteiger partial charge in [0.25, 0.3) is 5.91 Å². The zero-order valence-corrected chi connectivity index (χ0v) is 13.2. The van der Waals surface area contributed by atoms with Crippen LogP contribution in [-0.2, 0) is 4.79 Å². The molecule has 0 aliphatic rings. The molecule has 2 aromatic rings. The summed E-state index contributed by atoms with van der Waals surface area (Å²) in [6.07, 6.45) is -4.77. The van der Waals surface area contributed by atoms with Crippen molar-refractivity contribution in [3.05, 3.63) is 59.7 Å². The monoisotopic (exact) mass is 352 g/mol. The van der Waals surface area contributed by atoms with Gasteiger partial charge in [0.1, 0.15) is 5.75 Å². The first-order valence-corrected chi connectivity index (χ1v) is 7.23. The van der Waals surface area contributed by atoms with E-state index in [9.17, 15) is 22.8 Å². The second-order valence-electron chi connectivity index (χ2n) is 5.17. The van der Waals surface area contributed by atoms with Gasteiger partial charge in [-0.25, -0.2) is 0 Å². The number of anilines is 1. The summed E-state index contributed by atoms with van der Waals surface area (Å²) in [6.45, 7) is 1.62. The second-order valence-corrected chi connectivity index (χ2v) is 5.17. The molecule has 0 aromatic heterocycles. The number of hydrogen-bond acceptors (Lipinski definition) is 3. The molecule has 8 heteroatoms. The summed E-state index contributed by atoms with van der Waals surface area (Å²) in [7, 11) is 0. The highest BCUT2D eigenvalue weighted by Gasteiger charge is 2.30. The van der Waals surface area contributed by atoms with Gasteiger partial charge in [0.2, 0.25) is 5.91 Å². The van der Waals surface area contributed by atoms with Gasteiger partial charge in [-0.1, -0.05) is 17.7 Å². The molecule has 0 bridgehead atoms. The van der Waals surface area contributed by atoms with Crippen LogP contribution in [0.5, 0.6) is 5.75 Å². The first-order valence-electron chi connectivity index (χ1n) is 7.23. The van der Waals surface area contributed by atoms with E-state index < -0.39 is 23.9 Å². The lowest BCUT2D eigenvalue weighted by atomic mass is 10.1. The fourth-order valence-corrected chi connectivity index (χ4v) is 1.91. The van der Waals surface area contributed by atoms with E-state index in [1.807, 2.05) is 6.92 Å². The van der Waals surface area contributed by atoms with Crippen LogP contribution in [0.25, 0.3) is 0 Å². The normalized spacial score (nSPS) is 10.9. The summed E-state index contributed by atoms with van der Waals surface area (Å²) in [5.74, 6) is -1.30. The third-order valence-electron chi connectivity index (χ3n) is 3.09. The van der Waals surface area contributed by atoms with Crippen molar-refractivity contribution in [1.82, 2.24) is 5.32 Å². The SMILES string of the molecule is Cc1ccc(C(=O)NCC(=O)Nc2ccc(OC(F)(F)F)cc2)cc1. The fourth-order valence-electron chi connectivity index (χ4n) is 1.91. The van der Waals surface area contributed by atoms with Crippen LogP contribution in [0.4, 0.5) is 18.9 Å². The summed E-state index contributed by atoms with van der Waals surface area (Å²) in [5, 5.41) is 4.91. The second kappa shape index (κ2) is 7.69. The van der Waals surface area contributed by atoms with Crippen molar-refractivity contribution in [1.29, 1.82) is 0 Å². The predicted molar refractivity (Wildman–Crippen MR) is 85.3 cm³/mol. The number of ether oxygens (including phenoxy) is 1. The van der Waals surface area contributed by atoms with Crippen LogP contribution in [-0.4, -0.2) is 24.7 Å². The molecule has 2 rings (SSSR count). The van der Waals surface area contributed by atoms with Gasteiger partial charge < -0.3 is 15.4 Å². The Labute approximate surface area is 141 Å². The zero-order chi connectivity index (χ0) is 18.4. The highest BCUT2D eigenvalue weighted by atomic mass is 19.4. The molecule has 0 heterocycles. The summed E-state index contributed by atoms with van der Waals surface area (Å²) >= 11 is 0. The number of hydrogen-bond donors (Lipinski definition) is 2. The average molecular weight is 352 g/mol. The Balaban J connectivity index is 1.83. The molecule has 0 saturated heterocycles. The van der Waals surface area contributed by atoms with Crippen LogP contribution < -0.4 is 15.4 Å². The maximum Gasteiger partial charge on any atom is 0.573 e. The summed E-state index contributed by atoms with van der Waals surface area (Å²) in [5.41, 5.74) is 1.71. The van der Waals surface area contributed by atoms with Gasteiger partial charge in [-0.2, -0.15) is 0 Å². The summed E-state index contributed by atoms with van der Waals surface area (Å²) in [4.78, 5) is 23.7. The number of halogens is 3. The van der Waals surface area contributed by atoms with Crippen LogP contribution in [0.2, 0.25) is 0 Å². The molecule has 0 atom stereocenters. The molecule has 0 aliphatic heterocycles. The number of alkyl halides is 3. The quantitative estimate of drug-likeness (QED) is 0.868. The molecule has 2 aromatic carbocycles. The van der Waals surface area contributed by atoms with E-state index in [0.29, 0.717) is 5.56 Å². The number of benzene rings is 2. The van der Waals surface area contributed by atoms with E-state index in [2.05, 4.69) is 15.4 Å². The molecule has 0 spiro atoms. The Morgan fingerprint density at radius 3 is 2.16 bits per heavy atom. The van der Waals surface area contributed by atoms with E-state index in [0.717, 1.165) is 17.7 Å². The standard InChI is InChI=1S/C17H15F3N2O3/c1-11-2-4-12(5-3-11)16(24)21-10-15(23)22-13-6-8-14(9-7-13)25-17(18,19)20/h2-9H,10H2,1H3,(H,21,24)(H,22,23). The molecule has 0 aliphatic carbocycles. The Kier molecular flexibility index (Phi) is 5.63. The van der Waals surface area contributed by atoms with Crippen molar-refractivity contribution in [2.45, 2.75) is 13.3 Å². The molecule has 132 valence electrons. The largest absolute Gasteiger partial charge is 0.573 e. The minimum absolute atomic E-state index is 0.270. The fraction of sp³-hybridized carbons (Fsp3) is 0.176. The molecule has 0 unspecified atom stereocenters. The van der Waals surface area contributed by atoms with Crippen molar-refractivity contribution < 1.29 is 27.5 Å². The number of rotatable bonds is 5. The van der Waals surface area contributed by atoms with Gasteiger partial charge in [0, 0.05) is 11.3 Å². The van der Waals surface area contributed by atoms with Gasteiger partial charge in [-0.15, -0.1) is 13.2 Å². The number of carbonyl (C=O) groups excluding carboxylic acids is 2. The van der Waals surface area contributed by atoms with E-state index in [1.165, 1.54) is 12.1 Å². The topological polar surface area (TPSA) is 67.4 Å². The molecular weight excluding hydrogens is 337 g/mol. The lowest BCUT2D eigenvalue weighted by Crippen LogP contribution is -2.32. The summed E-state index contributed by atoms with van der Waals surface area (Å²) < 4.78 is 39.9. The van der Waals surface area contributed by atoms with E-state index >= 15 is 0 Å². The van der Waals surface area contributed by atoms with E-state index in [1.54, 1.807) is 24.3 Å². The van der Waals surface area contributed by atoms with Gasteiger partial charge in [-0.05, 0) is 43.3 Å². The number of carbonyl (C=O) groups is 2. The smallest absolute Gasteiger partial charge is 0.406 e. The Hall–Kier alpha value is -3.03. The molecule has 25 heavy (non-hydrogen) atoms. The Bertz CT molecular complexity index is 741. The molecule has 0 radical (unpaired) electrons. The summed E-state index contributed by atoms with van der Waals surface area (Å²) in [6, 6.07) is 11.5. The van der Waals surface area contributed by atoms with Crippen LogP contribution >= 0.6 is 0 Å². The van der Waals surface area contributed by atoms with E-state index in [-0.39, 0.29) is 12.2 Å². The lowest BCUT2D eigenvalue weighted by Gasteiger charge is -2.10. The molecule has 0 fully saturated rings. The molecule has 2 amide bonds.